The Morgan fingerprint density at radius 1 is 1.14 bits per heavy atom. The van der Waals surface area contributed by atoms with E-state index >= 15 is 0 Å². The molecule has 160 valence electrons. The van der Waals surface area contributed by atoms with Crippen molar-refractivity contribution in [3.05, 3.63) is 35.8 Å². The van der Waals surface area contributed by atoms with Gasteiger partial charge in [-0.2, -0.15) is 0 Å². The van der Waals surface area contributed by atoms with Gasteiger partial charge in [-0.15, -0.1) is 0 Å². The highest BCUT2D eigenvalue weighted by Gasteiger charge is 2.64. The monoisotopic (exact) mass is 400 g/mol. The maximum Gasteiger partial charge on any atom is 0.0983 e. The van der Waals surface area contributed by atoms with Crippen LogP contribution in [0.3, 0.4) is 0 Å². The van der Waals surface area contributed by atoms with E-state index in [0.717, 1.165) is 44.1 Å². The number of aliphatic hydroxyl groups excluding tert-OH is 1. The molecule has 4 aliphatic rings. The number of hydrogen-bond donors (Lipinski definition) is 2. The lowest BCUT2D eigenvalue weighted by Gasteiger charge is -2.59. The van der Waals surface area contributed by atoms with Crippen LogP contribution in [-0.2, 0) is 10.3 Å². The first-order chi connectivity index (χ1) is 13.9. The Hall–Kier alpha value is -1.10. The second-order valence-corrected chi connectivity index (χ2v) is 10.6. The lowest BCUT2D eigenvalue weighted by Crippen LogP contribution is -2.53. The molecule has 0 saturated heterocycles. The fourth-order valence-electron chi connectivity index (χ4n) is 7.98. The smallest absolute Gasteiger partial charge is 0.0983 e. The average Bonchev–Trinajstić information content (AvgIpc) is 3.34. The van der Waals surface area contributed by atoms with Crippen LogP contribution in [0.25, 0.3) is 0 Å². The zero-order valence-electron chi connectivity index (χ0n) is 17.9. The minimum Gasteiger partial charge on any atom is -0.472 e. The zero-order valence-corrected chi connectivity index (χ0v) is 17.9. The second-order valence-electron chi connectivity index (χ2n) is 10.6. The maximum atomic E-state index is 11.8. The zero-order chi connectivity index (χ0) is 20.3. The van der Waals surface area contributed by atoms with Crippen LogP contribution >= 0.6 is 0 Å². The minimum absolute atomic E-state index is 0.0683. The summed E-state index contributed by atoms with van der Waals surface area (Å²) >= 11 is 0. The third-order valence-corrected chi connectivity index (χ3v) is 9.65. The van der Waals surface area contributed by atoms with Crippen LogP contribution in [0.5, 0.6) is 0 Å². The van der Waals surface area contributed by atoms with Crippen molar-refractivity contribution in [2.45, 2.75) is 76.9 Å². The Morgan fingerprint density at radius 3 is 2.72 bits per heavy atom. The molecule has 0 unspecified atom stereocenters. The normalized spacial score (nSPS) is 46.6. The number of hydrogen-bond acceptors (Lipinski definition) is 4. The van der Waals surface area contributed by atoms with Crippen molar-refractivity contribution in [3.63, 3.8) is 0 Å². The molecule has 7 atom stereocenters. The van der Waals surface area contributed by atoms with Crippen LogP contribution in [0.2, 0.25) is 0 Å². The predicted molar refractivity (Wildman–Crippen MR) is 111 cm³/mol. The molecule has 0 amide bonds. The summed E-state index contributed by atoms with van der Waals surface area (Å²) in [4.78, 5) is 0. The largest absolute Gasteiger partial charge is 0.472 e. The molecular weight excluding hydrogens is 364 g/mol. The highest BCUT2D eigenvalue weighted by molar-refractivity contribution is 5.29. The van der Waals surface area contributed by atoms with Gasteiger partial charge >= 0.3 is 0 Å². The van der Waals surface area contributed by atoms with Gasteiger partial charge < -0.3 is 19.4 Å². The molecule has 29 heavy (non-hydrogen) atoms. The van der Waals surface area contributed by atoms with Crippen molar-refractivity contribution in [2.24, 2.45) is 28.6 Å². The average molecular weight is 401 g/mol. The van der Waals surface area contributed by atoms with Crippen LogP contribution in [0.4, 0.5) is 0 Å². The summed E-state index contributed by atoms with van der Waals surface area (Å²) in [7, 11) is 0. The first kappa shape index (κ1) is 19.8. The van der Waals surface area contributed by atoms with Gasteiger partial charge in [-0.05, 0) is 80.6 Å². The number of allylic oxidation sites excluding steroid dienone is 1. The first-order valence-electron chi connectivity index (χ1n) is 11.6. The predicted octanol–water partition coefficient (Wildman–Crippen LogP) is 4.81. The van der Waals surface area contributed by atoms with E-state index in [9.17, 15) is 5.11 Å². The van der Waals surface area contributed by atoms with Gasteiger partial charge in [0.05, 0.1) is 37.4 Å². The highest BCUT2D eigenvalue weighted by atomic mass is 16.5. The Morgan fingerprint density at radius 2 is 1.97 bits per heavy atom. The van der Waals surface area contributed by atoms with Crippen molar-refractivity contribution in [3.8, 4) is 0 Å². The molecule has 0 bridgehead atoms. The summed E-state index contributed by atoms with van der Waals surface area (Å²) in [6, 6.07) is 1.97. The molecule has 3 saturated carbocycles. The van der Waals surface area contributed by atoms with Gasteiger partial charge in [0.2, 0.25) is 0 Å². The molecule has 0 aliphatic heterocycles. The molecule has 4 nitrogen and oxygen atoms in total. The van der Waals surface area contributed by atoms with Crippen LogP contribution in [0.1, 0.15) is 70.8 Å². The molecule has 0 aromatic carbocycles. The molecule has 0 radical (unpaired) electrons. The Bertz CT molecular complexity index is 770. The van der Waals surface area contributed by atoms with E-state index in [1.165, 1.54) is 12.8 Å². The van der Waals surface area contributed by atoms with Crippen LogP contribution in [0.15, 0.2) is 34.7 Å². The minimum atomic E-state index is -0.754. The van der Waals surface area contributed by atoms with Crippen LogP contribution in [0, 0.1) is 28.6 Å². The quantitative estimate of drug-likeness (QED) is 0.712. The van der Waals surface area contributed by atoms with Gasteiger partial charge in [0, 0.05) is 11.0 Å². The standard InChI is InChI=1S/C25H36O4/c1-23-9-5-19(29-14-12-26)15-17(23)3-4-20-21(23)6-10-24(2)22(20)7-11-25(24,27)18-8-13-28-16-18/h3,8,13,16,19-22,26-27H,4-7,9-12,14-15H2,1-2H3/t19-,20+,21-,22-,23-,24-,25+/m0/s1. The van der Waals surface area contributed by atoms with E-state index < -0.39 is 5.60 Å². The maximum absolute atomic E-state index is 11.8. The number of rotatable bonds is 4. The highest BCUT2D eigenvalue weighted by Crippen LogP contribution is 2.69. The van der Waals surface area contributed by atoms with Gasteiger partial charge in [-0.25, -0.2) is 0 Å². The van der Waals surface area contributed by atoms with Crippen molar-refractivity contribution in [2.75, 3.05) is 13.2 Å². The first-order valence-corrected chi connectivity index (χ1v) is 11.6. The summed E-state index contributed by atoms with van der Waals surface area (Å²) in [5, 5.41) is 20.9. The number of aliphatic hydroxyl groups is 2. The van der Waals surface area contributed by atoms with Gasteiger partial charge in [-0.3, -0.25) is 0 Å². The van der Waals surface area contributed by atoms with E-state index in [0.29, 0.717) is 24.4 Å². The van der Waals surface area contributed by atoms with Crippen LogP contribution < -0.4 is 0 Å². The molecular formula is C25H36O4. The molecule has 1 aromatic rings. The molecule has 1 heterocycles. The Balaban J connectivity index is 1.41. The van der Waals surface area contributed by atoms with E-state index in [1.54, 1.807) is 18.1 Å². The topological polar surface area (TPSA) is 62.8 Å². The van der Waals surface area contributed by atoms with Crippen molar-refractivity contribution < 1.29 is 19.4 Å². The molecule has 4 aliphatic carbocycles. The van der Waals surface area contributed by atoms with Crippen molar-refractivity contribution in [1.29, 1.82) is 0 Å². The van der Waals surface area contributed by atoms with E-state index in [1.807, 2.05) is 6.07 Å². The summed E-state index contributed by atoms with van der Waals surface area (Å²) in [5.41, 5.74) is 2.03. The van der Waals surface area contributed by atoms with E-state index in [2.05, 4.69) is 19.9 Å². The summed E-state index contributed by atoms with van der Waals surface area (Å²) in [5.74, 6) is 1.95. The van der Waals surface area contributed by atoms with Gasteiger partial charge in [0.15, 0.2) is 0 Å². The van der Waals surface area contributed by atoms with Crippen molar-refractivity contribution in [1.82, 2.24) is 0 Å². The second kappa shape index (κ2) is 6.96. The lowest BCUT2D eigenvalue weighted by atomic mass is 9.46. The van der Waals surface area contributed by atoms with Gasteiger partial charge in [0.25, 0.3) is 0 Å². The molecule has 4 heteroatoms. The summed E-state index contributed by atoms with van der Waals surface area (Å²) in [6.45, 7) is 5.40. The molecule has 3 fully saturated rings. The third kappa shape index (κ3) is 2.75. The van der Waals surface area contributed by atoms with Crippen LogP contribution in [-0.4, -0.2) is 29.5 Å². The number of fused-ring (bicyclic) bond motifs is 5. The fraction of sp³-hybridized carbons (Fsp3) is 0.760. The Labute approximate surface area is 174 Å². The summed E-state index contributed by atoms with van der Waals surface area (Å²) < 4.78 is 11.2. The van der Waals surface area contributed by atoms with Gasteiger partial charge in [-0.1, -0.05) is 25.5 Å². The van der Waals surface area contributed by atoms with E-state index in [4.69, 9.17) is 14.3 Å². The lowest BCUT2D eigenvalue weighted by molar-refractivity contribution is -0.130. The molecule has 1 aromatic heterocycles. The number of ether oxygens (including phenoxy) is 1. The Kier molecular flexibility index (Phi) is 4.76. The fourth-order valence-corrected chi connectivity index (χ4v) is 7.98. The molecule has 5 rings (SSSR count). The SMILES string of the molecule is C[C@]12CC[C@H](OCCO)CC1=CC[C@@H]1[C@@H]2CC[C@@]2(C)[C@H]1CC[C@@]2(O)c1ccoc1. The molecule has 0 spiro atoms. The summed E-state index contributed by atoms with van der Waals surface area (Å²) in [6.07, 6.45) is 15.0. The van der Waals surface area contributed by atoms with E-state index in [-0.39, 0.29) is 23.5 Å². The third-order valence-electron chi connectivity index (χ3n) is 9.65. The molecule has 2 N–H and O–H groups in total. The number of furan rings is 1. The van der Waals surface area contributed by atoms with Gasteiger partial charge in [0.1, 0.15) is 0 Å². The van der Waals surface area contributed by atoms with Crippen molar-refractivity contribution >= 4 is 0 Å².